The number of hydrogen-bond acceptors (Lipinski definition) is 6. The Hall–Kier alpha value is -3.60. The summed E-state index contributed by atoms with van der Waals surface area (Å²) < 4.78 is 39.2. The number of alkyl halides is 3. The number of carbonyl (C=O) groups is 1. The molecule has 3 aromatic heterocycles. The Morgan fingerprint density at radius 1 is 1.23 bits per heavy atom. The number of rotatable bonds is 2. The summed E-state index contributed by atoms with van der Waals surface area (Å²) in [5.74, 6) is -1.99. The van der Waals surface area contributed by atoms with Gasteiger partial charge in [0.1, 0.15) is 11.3 Å². The molecule has 0 spiro atoms. The quantitative estimate of drug-likeness (QED) is 0.481. The second-order valence-corrected chi connectivity index (χ2v) is 6.43. The van der Waals surface area contributed by atoms with Crippen molar-refractivity contribution in [2.75, 3.05) is 5.73 Å². The second kappa shape index (κ2) is 8.03. The van der Waals surface area contributed by atoms with E-state index in [1.807, 2.05) is 19.3 Å². The molecule has 0 fully saturated rings. The first-order valence-corrected chi connectivity index (χ1v) is 8.53. The fourth-order valence-corrected chi connectivity index (χ4v) is 2.55. The Labute approximate surface area is 171 Å². The zero-order valence-electron chi connectivity index (χ0n) is 15.2. The van der Waals surface area contributed by atoms with Crippen LogP contribution in [0.1, 0.15) is 0 Å². The number of aryl methyl sites for hydroxylation is 1. The molecule has 12 heteroatoms. The van der Waals surface area contributed by atoms with Crippen LogP contribution in [0, 0.1) is 0 Å². The van der Waals surface area contributed by atoms with Crippen LogP contribution in [0.15, 0.2) is 47.3 Å². The number of nitrogen functional groups attached to an aromatic ring is 1. The third-order valence-electron chi connectivity index (χ3n) is 3.78. The van der Waals surface area contributed by atoms with Crippen LogP contribution in [0.3, 0.4) is 0 Å². The van der Waals surface area contributed by atoms with Gasteiger partial charge in [-0.3, -0.25) is 4.68 Å². The first kappa shape index (κ1) is 21.1. The number of benzene rings is 1. The van der Waals surface area contributed by atoms with E-state index >= 15 is 0 Å². The van der Waals surface area contributed by atoms with E-state index in [2.05, 4.69) is 15.1 Å². The maximum atomic E-state index is 10.6. The maximum Gasteiger partial charge on any atom is 0.490 e. The minimum atomic E-state index is -5.08. The van der Waals surface area contributed by atoms with Gasteiger partial charge in [0.15, 0.2) is 5.58 Å². The molecule has 4 aromatic rings. The average molecular weight is 440 g/mol. The molecule has 30 heavy (non-hydrogen) atoms. The van der Waals surface area contributed by atoms with Crippen molar-refractivity contribution in [3.05, 3.63) is 47.9 Å². The van der Waals surface area contributed by atoms with Crippen molar-refractivity contribution < 1.29 is 27.5 Å². The summed E-state index contributed by atoms with van der Waals surface area (Å²) >= 11 is 5.98. The highest BCUT2D eigenvalue weighted by molar-refractivity contribution is 6.31. The van der Waals surface area contributed by atoms with Crippen molar-refractivity contribution in [3.8, 4) is 22.6 Å². The molecule has 0 saturated carbocycles. The van der Waals surface area contributed by atoms with E-state index < -0.39 is 12.1 Å². The third-order valence-corrected chi connectivity index (χ3v) is 4.02. The highest BCUT2D eigenvalue weighted by atomic mass is 35.5. The number of halogens is 4. The monoisotopic (exact) mass is 439 g/mol. The minimum Gasteiger partial charge on any atom is -0.475 e. The van der Waals surface area contributed by atoms with Crippen molar-refractivity contribution >= 4 is 34.5 Å². The topological polar surface area (TPSA) is 120 Å². The standard InChI is InChI=1S/C16H12ClN5O.C2HF3O2/c1-22-8-10(7-20-22)9-4-12(15(18)19-6-9)16-21-13-3-2-11(17)5-14(13)23-16;3-2(4,5)1(6)7/h2-8H,1H3,(H2,18,19);(H,6,7). The van der Waals surface area contributed by atoms with Crippen LogP contribution in [-0.2, 0) is 11.8 Å². The maximum absolute atomic E-state index is 10.6. The Kier molecular flexibility index (Phi) is 5.65. The summed E-state index contributed by atoms with van der Waals surface area (Å²) in [7, 11) is 1.86. The molecular weight excluding hydrogens is 427 g/mol. The Balaban J connectivity index is 0.000000318. The number of nitrogens with zero attached hydrogens (tertiary/aromatic N) is 4. The Bertz CT molecular complexity index is 1220. The van der Waals surface area contributed by atoms with E-state index in [9.17, 15) is 13.2 Å². The minimum absolute atomic E-state index is 0.357. The summed E-state index contributed by atoms with van der Waals surface area (Å²) in [6, 6.07) is 7.19. The predicted molar refractivity (Wildman–Crippen MR) is 103 cm³/mol. The molecule has 4 rings (SSSR count). The molecule has 0 aliphatic carbocycles. The van der Waals surface area contributed by atoms with E-state index in [4.69, 9.17) is 31.7 Å². The van der Waals surface area contributed by atoms with Gasteiger partial charge >= 0.3 is 12.1 Å². The lowest BCUT2D eigenvalue weighted by molar-refractivity contribution is -0.192. The number of oxazole rings is 1. The first-order valence-electron chi connectivity index (χ1n) is 8.15. The van der Waals surface area contributed by atoms with Gasteiger partial charge in [-0.15, -0.1) is 0 Å². The molecule has 0 atom stereocenters. The fourth-order valence-electron chi connectivity index (χ4n) is 2.39. The lowest BCUT2D eigenvalue weighted by atomic mass is 10.1. The highest BCUT2D eigenvalue weighted by Gasteiger charge is 2.38. The Morgan fingerprint density at radius 2 is 1.93 bits per heavy atom. The van der Waals surface area contributed by atoms with Crippen LogP contribution in [0.5, 0.6) is 0 Å². The average Bonchev–Trinajstić information content (AvgIpc) is 3.27. The van der Waals surface area contributed by atoms with Crippen LogP contribution in [-0.4, -0.2) is 37.0 Å². The van der Waals surface area contributed by atoms with E-state index in [-0.39, 0.29) is 0 Å². The number of carboxylic acids is 1. The van der Waals surface area contributed by atoms with Crippen molar-refractivity contribution in [1.29, 1.82) is 0 Å². The zero-order valence-corrected chi connectivity index (χ0v) is 15.9. The molecule has 8 nitrogen and oxygen atoms in total. The molecule has 0 saturated heterocycles. The summed E-state index contributed by atoms with van der Waals surface area (Å²) in [5, 5.41) is 11.9. The molecule has 3 heterocycles. The molecule has 0 radical (unpaired) electrons. The van der Waals surface area contributed by atoms with Crippen LogP contribution in [0.2, 0.25) is 5.02 Å². The van der Waals surface area contributed by atoms with Gasteiger partial charge in [0.2, 0.25) is 5.89 Å². The number of carboxylic acid groups (broad SMARTS) is 1. The molecule has 3 N–H and O–H groups in total. The molecule has 1 aromatic carbocycles. The number of aliphatic carboxylic acids is 1. The Morgan fingerprint density at radius 3 is 2.53 bits per heavy atom. The number of aromatic nitrogens is 4. The fraction of sp³-hybridized carbons (Fsp3) is 0.111. The lowest BCUT2D eigenvalue weighted by Gasteiger charge is -2.03. The van der Waals surface area contributed by atoms with Gasteiger partial charge in [0, 0.05) is 41.7 Å². The lowest BCUT2D eigenvalue weighted by Crippen LogP contribution is -2.21. The van der Waals surface area contributed by atoms with E-state index in [1.165, 1.54) is 0 Å². The molecule has 0 unspecified atom stereocenters. The number of hydrogen-bond donors (Lipinski definition) is 2. The SMILES string of the molecule is Cn1cc(-c2cnc(N)c(-c3nc4ccc(Cl)cc4o3)c2)cn1.O=C(O)C(F)(F)F. The smallest absolute Gasteiger partial charge is 0.475 e. The van der Waals surface area contributed by atoms with Gasteiger partial charge in [-0.1, -0.05) is 11.6 Å². The summed E-state index contributed by atoms with van der Waals surface area (Å²) in [4.78, 5) is 17.6. The summed E-state index contributed by atoms with van der Waals surface area (Å²) in [6.45, 7) is 0. The molecule has 0 bridgehead atoms. The van der Waals surface area contributed by atoms with Gasteiger partial charge < -0.3 is 15.3 Å². The van der Waals surface area contributed by atoms with Crippen LogP contribution < -0.4 is 5.73 Å². The normalized spacial score (nSPS) is 11.2. The summed E-state index contributed by atoms with van der Waals surface area (Å²) in [6.07, 6.45) is 0.293. The van der Waals surface area contributed by atoms with Crippen LogP contribution >= 0.6 is 11.6 Å². The predicted octanol–water partition coefficient (Wildman–Crippen LogP) is 4.16. The highest BCUT2D eigenvalue weighted by Crippen LogP contribution is 2.31. The van der Waals surface area contributed by atoms with Gasteiger partial charge in [0.05, 0.1) is 11.8 Å². The van der Waals surface area contributed by atoms with Crippen LogP contribution in [0.25, 0.3) is 33.7 Å². The van der Waals surface area contributed by atoms with Gasteiger partial charge in [0.25, 0.3) is 0 Å². The van der Waals surface area contributed by atoms with Crippen molar-refractivity contribution in [1.82, 2.24) is 19.7 Å². The molecule has 0 aliphatic heterocycles. The third kappa shape index (κ3) is 4.69. The molecular formula is C18H13ClF3N5O3. The van der Waals surface area contributed by atoms with Gasteiger partial charge in [-0.25, -0.2) is 14.8 Å². The van der Waals surface area contributed by atoms with E-state index in [0.717, 1.165) is 16.6 Å². The second-order valence-electron chi connectivity index (χ2n) is 5.99. The van der Waals surface area contributed by atoms with E-state index in [1.54, 1.807) is 35.3 Å². The van der Waals surface area contributed by atoms with Crippen molar-refractivity contribution in [3.63, 3.8) is 0 Å². The first-order chi connectivity index (χ1) is 14.0. The zero-order chi connectivity index (χ0) is 22.1. The van der Waals surface area contributed by atoms with Crippen molar-refractivity contribution in [2.24, 2.45) is 7.05 Å². The molecule has 0 amide bonds. The van der Waals surface area contributed by atoms with Gasteiger partial charge in [-0.2, -0.15) is 18.3 Å². The largest absolute Gasteiger partial charge is 0.490 e. The number of pyridine rings is 1. The number of fused-ring (bicyclic) bond motifs is 1. The summed E-state index contributed by atoms with van der Waals surface area (Å²) in [5.41, 5.74) is 9.80. The van der Waals surface area contributed by atoms with E-state index in [0.29, 0.717) is 27.9 Å². The molecule has 156 valence electrons. The molecule has 0 aliphatic rings. The number of anilines is 1. The van der Waals surface area contributed by atoms with Gasteiger partial charge in [-0.05, 0) is 18.2 Å². The number of nitrogens with two attached hydrogens (primary N) is 1. The van der Waals surface area contributed by atoms with Crippen LogP contribution in [0.4, 0.5) is 19.0 Å². The van der Waals surface area contributed by atoms with Crippen molar-refractivity contribution in [2.45, 2.75) is 6.18 Å².